The van der Waals surface area contributed by atoms with Crippen LogP contribution in [-0.2, 0) is 4.74 Å². The number of halogens is 1. The summed E-state index contributed by atoms with van der Waals surface area (Å²) in [5.41, 5.74) is 7.23. The van der Waals surface area contributed by atoms with Crippen LogP contribution < -0.4 is 5.73 Å². The first kappa shape index (κ1) is 16.4. The van der Waals surface area contributed by atoms with Gasteiger partial charge in [0, 0.05) is 6.04 Å². The van der Waals surface area contributed by atoms with Crippen LogP contribution in [0.25, 0.3) is 0 Å². The minimum Gasteiger partial charge on any atom is -0.369 e. The van der Waals surface area contributed by atoms with Gasteiger partial charge in [-0.2, -0.15) is 0 Å². The molecule has 2 nitrogen and oxygen atoms in total. The number of rotatable bonds is 5. The molecule has 5 atom stereocenters. The Labute approximate surface area is 127 Å². The van der Waals surface area contributed by atoms with Crippen LogP contribution in [0.2, 0.25) is 0 Å². The highest BCUT2D eigenvalue weighted by Crippen LogP contribution is 2.34. The zero-order valence-corrected chi connectivity index (χ0v) is 13.4. The largest absolute Gasteiger partial charge is 0.369 e. The van der Waals surface area contributed by atoms with Crippen molar-refractivity contribution in [3.63, 3.8) is 0 Å². The zero-order valence-electron chi connectivity index (χ0n) is 13.4. The van der Waals surface area contributed by atoms with Crippen LogP contribution in [0.1, 0.15) is 58.1 Å². The summed E-state index contributed by atoms with van der Waals surface area (Å²) in [5.74, 6) is 1.24. The van der Waals surface area contributed by atoms with Crippen LogP contribution in [0.5, 0.6) is 0 Å². The smallest absolute Gasteiger partial charge is 0.123 e. The summed E-state index contributed by atoms with van der Waals surface area (Å²) in [6.07, 6.45) is 4.38. The molecule has 1 aromatic carbocycles. The molecule has 0 amide bonds. The maximum absolute atomic E-state index is 13.1. The van der Waals surface area contributed by atoms with Gasteiger partial charge in [-0.05, 0) is 55.2 Å². The first-order valence-corrected chi connectivity index (χ1v) is 8.17. The Hall–Kier alpha value is -0.930. The van der Waals surface area contributed by atoms with Gasteiger partial charge in [-0.1, -0.05) is 32.9 Å². The van der Waals surface area contributed by atoms with E-state index in [1.54, 1.807) is 12.1 Å². The van der Waals surface area contributed by atoms with Crippen molar-refractivity contribution in [3.05, 3.63) is 35.6 Å². The summed E-state index contributed by atoms with van der Waals surface area (Å²) in [7, 11) is 0. The van der Waals surface area contributed by atoms with Crippen molar-refractivity contribution in [2.45, 2.75) is 64.7 Å². The molecule has 0 spiro atoms. The first-order chi connectivity index (χ1) is 10.0. The minimum absolute atomic E-state index is 0.0508. The molecule has 1 fully saturated rings. The Bertz CT molecular complexity index is 433. The lowest BCUT2D eigenvalue weighted by Gasteiger charge is -2.36. The molecule has 1 saturated carbocycles. The average molecular weight is 293 g/mol. The van der Waals surface area contributed by atoms with E-state index in [0.717, 1.165) is 30.7 Å². The highest BCUT2D eigenvalue weighted by Gasteiger charge is 2.29. The Kier molecular flexibility index (Phi) is 5.77. The average Bonchev–Trinajstić information content (AvgIpc) is 2.48. The van der Waals surface area contributed by atoms with Crippen molar-refractivity contribution in [3.8, 4) is 0 Å². The van der Waals surface area contributed by atoms with Crippen molar-refractivity contribution in [2.75, 3.05) is 0 Å². The summed E-state index contributed by atoms with van der Waals surface area (Å²) in [6, 6.07) is 6.51. The zero-order chi connectivity index (χ0) is 15.4. The Morgan fingerprint density at radius 2 is 1.86 bits per heavy atom. The highest BCUT2D eigenvalue weighted by molar-refractivity contribution is 5.20. The first-order valence-electron chi connectivity index (χ1n) is 8.17. The van der Waals surface area contributed by atoms with Gasteiger partial charge in [0.15, 0.2) is 0 Å². The van der Waals surface area contributed by atoms with Gasteiger partial charge in [0.2, 0.25) is 0 Å². The molecular formula is C18H28FNO. The summed E-state index contributed by atoms with van der Waals surface area (Å²) in [4.78, 5) is 0. The molecule has 0 aliphatic heterocycles. The molecule has 0 radical (unpaired) electrons. The summed E-state index contributed by atoms with van der Waals surface area (Å²) in [5, 5.41) is 0. The van der Waals surface area contributed by atoms with Gasteiger partial charge in [-0.3, -0.25) is 0 Å². The van der Waals surface area contributed by atoms with Crippen LogP contribution in [0.3, 0.4) is 0 Å². The van der Waals surface area contributed by atoms with Crippen molar-refractivity contribution < 1.29 is 9.13 Å². The van der Waals surface area contributed by atoms with Crippen LogP contribution in [0.4, 0.5) is 4.39 Å². The molecule has 1 aliphatic rings. The van der Waals surface area contributed by atoms with Gasteiger partial charge in [0.25, 0.3) is 0 Å². The fourth-order valence-electron chi connectivity index (χ4n) is 3.12. The second-order valence-electron chi connectivity index (χ2n) is 6.57. The van der Waals surface area contributed by atoms with E-state index in [0.29, 0.717) is 5.92 Å². The lowest BCUT2D eigenvalue weighted by atomic mass is 9.80. The lowest BCUT2D eigenvalue weighted by molar-refractivity contribution is -0.0594. The molecule has 2 rings (SSSR count). The summed E-state index contributed by atoms with van der Waals surface area (Å²) in [6.45, 7) is 6.68. The molecule has 0 heterocycles. The molecule has 1 aliphatic carbocycles. The van der Waals surface area contributed by atoms with E-state index < -0.39 is 0 Å². The van der Waals surface area contributed by atoms with Gasteiger partial charge >= 0.3 is 0 Å². The fraction of sp³-hybridized carbons (Fsp3) is 0.667. The number of benzene rings is 1. The molecule has 1 aromatic rings. The maximum Gasteiger partial charge on any atom is 0.123 e. The van der Waals surface area contributed by atoms with E-state index in [-0.39, 0.29) is 24.1 Å². The van der Waals surface area contributed by atoms with Crippen LogP contribution in [0, 0.1) is 17.7 Å². The lowest BCUT2D eigenvalue weighted by Crippen LogP contribution is -2.35. The molecular weight excluding hydrogens is 265 g/mol. The van der Waals surface area contributed by atoms with Gasteiger partial charge in [-0.15, -0.1) is 0 Å². The molecule has 0 bridgehead atoms. The molecule has 2 N–H and O–H groups in total. The third-order valence-electron chi connectivity index (χ3n) is 4.95. The van der Waals surface area contributed by atoms with E-state index >= 15 is 0 Å². The molecule has 21 heavy (non-hydrogen) atoms. The van der Waals surface area contributed by atoms with Crippen LogP contribution in [-0.4, -0.2) is 12.1 Å². The number of hydrogen-bond donors (Lipinski definition) is 1. The second-order valence-corrected chi connectivity index (χ2v) is 6.57. The fourth-order valence-corrected chi connectivity index (χ4v) is 3.12. The molecule has 118 valence electrons. The van der Waals surface area contributed by atoms with Crippen molar-refractivity contribution in [1.29, 1.82) is 0 Å². The Morgan fingerprint density at radius 3 is 2.43 bits per heavy atom. The number of hydrogen-bond acceptors (Lipinski definition) is 2. The van der Waals surface area contributed by atoms with E-state index in [9.17, 15) is 4.39 Å². The molecule has 0 aromatic heterocycles. The van der Waals surface area contributed by atoms with Crippen molar-refractivity contribution in [1.82, 2.24) is 0 Å². The maximum atomic E-state index is 13.1. The van der Waals surface area contributed by atoms with Crippen LogP contribution >= 0.6 is 0 Å². The van der Waals surface area contributed by atoms with Crippen molar-refractivity contribution in [2.24, 2.45) is 17.6 Å². The third kappa shape index (κ3) is 4.27. The standard InChI is InChI=1S/C18H28FNO/c1-4-17(20)18(14-6-8-15(19)9-7-14)21-16-10-5-12(2)13(3)11-16/h6-9,12-13,16-18H,4-5,10-11,20H2,1-3H3. The monoisotopic (exact) mass is 293 g/mol. The predicted octanol–water partition coefficient (Wildman–Crippen LogP) is 4.45. The van der Waals surface area contributed by atoms with Crippen molar-refractivity contribution >= 4 is 0 Å². The van der Waals surface area contributed by atoms with E-state index in [1.165, 1.54) is 18.6 Å². The molecule has 5 unspecified atom stereocenters. The summed E-state index contributed by atoms with van der Waals surface area (Å²) >= 11 is 0. The van der Waals surface area contributed by atoms with Gasteiger partial charge in [-0.25, -0.2) is 4.39 Å². The van der Waals surface area contributed by atoms with Gasteiger partial charge < -0.3 is 10.5 Å². The number of nitrogens with two attached hydrogens (primary N) is 1. The quantitative estimate of drug-likeness (QED) is 0.870. The van der Waals surface area contributed by atoms with E-state index in [1.807, 2.05) is 0 Å². The van der Waals surface area contributed by atoms with Crippen LogP contribution in [0.15, 0.2) is 24.3 Å². The molecule has 0 saturated heterocycles. The predicted molar refractivity (Wildman–Crippen MR) is 84.5 cm³/mol. The number of ether oxygens (including phenoxy) is 1. The van der Waals surface area contributed by atoms with E-state index in [2.05, 4.69) is 20.8 Å². The third-order valence-corrected chi connectivity index (χ3v) is 4.95. The van der Waals surface area contributed by atoms with Gasteiger partial charge in [0.1, 0.15) is 5.82 Å². The molecule has 3 heteroatoms. The summed E-state index contributed by atoms with van der Waals surface area (Å²) < 4.78 is 19.5. The Balaban J connectivity index is 2.08. The minimum atomic E-state index is -0.220. The highest BCUT2D eigenvalue weighted by atomic mass is 19.1. The topological polar surface area (TPSA) is 35.2 Å². The normalized spacial score (nSPS) is 29.1. The van der Waals surface area contributed by atoms with Gasteiger partial charge in [0.05, 0.1) is 12.2 Å². The van der Waals surface area contributed by atoms with E-state index in [4.69, 9.17) is 10.5 Å². The Morgan fingerprint density at radius 1 is 1.19 bits per heavy atom. The second kappa shape index (κ2) is 7.37. The SMILES string of the molecule is CCC(N)C(OC1CCC(C)C(C)C1)c1ccc(F)cc1.